The van der Waals surface area contributed by atoms with Crippen molar-refractivity contribution in [3.63, 3.8) is 0 Å². The predicted molar refractivity (Wildman–Crippen MR) is 104 cm³/mol. The highest BCUT2D eigenvalue weighted by molar-refractivity contribution is 6.06. The molecule has 0 aliphatic carbocycles. The van der Waals surface area contributed by atoms with Gasteiger partial charge in [0.25, 0.3) is 5.91 Å². The predicted octanol–water partition coefficient (Wildman–Crippen LogP) is 2.38. The van der Waals surface area contributed by atoms with Gasteiger partial charge < -0.3 is 16.8 Å². The van der Waals surface area contributed by atoms with Gasteiger partial charge in [-0.15, -0.1) is 0 Å². The summed E-state index contributed by atoms with van der Waals surface area (Å²) in [6.07, 6.45) is 1.30. The second-order valence-corrected chi connectivity index (χ2v) is 6.32. The number of benzene rings is 2. The van der Waals surface area contributed by atoms with Gasteiger partial charge in [-0.2, -0.15) is 0 Å². The topological polar surface area (TPSA) is 107 Å². The van der Waals surface area contributed by atoms with Crippen LogP contribution in [-0.2, 0) is 0 Å². The molecule has 1 atom stereocenters. The van der Waals surface area contributed by atoms with E-state index in [4.69, 9.17) is 11.5 Å². The van der Waals surface area contributed by atoms with Gasteiger partial charge in [0.2, 0.25) is 0 Å². The van der Waals surface area contributed by atoms with Crippen LogP contribution < -0.4 is 16.8 Å². The number of carbonyl (C=O) groups excluding carboxylic acids is 1. The Hall–Kier alpha value is -2.99. The lowest BCUT2D eigenvalue weighted by atomic mass is 9.99. The maximum Gasteiger partial charge on any atom is 0.250 e. The first-order valence-corrected chi connectivity index (χ1v) is 8.64. The molecule has 26 heavy (non-hydrogen) atoms. The zero-order chi connectivity index (χ0) is 18.5. The third kappa shape index (κ3) is 3.97. The van der Waals surface area contributed by atoms with Crippen LogP contribution in [0, 0.1) is 6.92 Å². The van der Waals surface area contributed by atoms with E-state index in [1.54, 1.807) is 25.1 Å². The molecular formula is C20H23N5O. The fraction of sp³-hybridized carbons (Fsp3) is 0.250. The second kappa shape index (κ2) is 7.93. The summed E-state index contributed by atoms with van der Waals surface area (Å²) in [5, 5.41) is 4.02. The number of nitrogens with zero attached hydrogens (tertiary/aromatic N) is 2. The monoisotopic (exact) mass is 349 g/mol. The third-order valence-corrected chi connectivity index (χ3v) is 4.46. The van der Waals surface area contributed by atoms with Crippen molar-refractivity contribution in [1.29, 1.82) is 0 Å². The highest BCUT2D eigenvalue weighted by Crippen LogP contribution is 2.21. The Morgan fingerprint density at radius 3 is 2.54 bits per heavy atom. The maximum absolute atomic E-state index is 11.2. The van der Waals surface area contributed by atoms with Gasteiger partial charge in [0, 0.05) is 11.9 Å². The number of hydrogen-bond acceptors (Lipinski definition) is 5. The minimum atomic E-state index is -0.516. The quantitative estimate of drug-likeness (QED) is 0.658. The number of aryl methyl sites for hydroxylation is 1. The van der Waals surface area contributed by atoms with Crippen LogP contribution in [0.4, 0.5) is 5.82 Å². The number of nitrogens with two attached hydrogens (primary N) is 2. The Morgan fingerprint density at radius 1 is 1.12 bits per heavy atom. The molecule has 0 bridgehead atoms. The number of para-hydroxylation sites is 1. The Labute approximate surface area is 152 Å². The number of nitrogen functional groups attached to an aromatic ring is 1. The second-order valence-electron chi connectivity index (χ2n) is 6.32. The van der Waals surface area contributed by atoms with E-state index in [0.29, 0.717) is 28.1 Å². The van der Waals surface area contributed by atoms with Gasteiger partial charge >= 0.3 is 0 Å². The van der Waals surface area contributed by atoms with Crippen molar-refractivity contribution in [2.75, 3.05) is 18.8 Å². The van der Waals surface area contributed by atoms with E-state index >= 15 is 0 Å². The number of carbonyl (C=O) groups is 1. The fourth-order valence-corrected chi connectivity index (χ4v) is 3.16. The van der Waals surface area contributed by atoms with E-state index in [1.165, 1.54) is 18.5 Å². The summed E-state index contributed by atoms with van der Waals surface area (Å²) >= 11 is 0. The van der Waals surface area contributed by atoms with E-state index in [2.05, 4.69) is 45.6 Å². The molecule has 1 unspecified atom stereocenters. The Kier molecular flexibility index (Phi) is 5.43. The maximum atomic E-state index is 11.2. The van der Waals surface area contributed by atoms with Crippen LogP contribution in [-0.4, -0.2) is 29.0 Å². The van der Waals surface area contributed by atoms with Crippen molar-refractivity contribution in [1.82, 2.24) is 15.3 Å². The van der Waals surface area contributed by atoms with Crippen molar-refractivity contribution in [2.24, 2.45) is 5.73 Å². The highest BCUT2D eigenvalue weighted by Gasteiger charge is 2.15. The summed E-state index contributed by atoms with van der Waals surface area (Å²) in [4.78, 5) is 19.3. The number of rotatable bonds is 2. The van der Waals surface area contributed by atoms with E-state index in [-0.39, 0.29) is 0 Å². The molecule has 2 aromatic carbocycles. The van der Waals surface area contributed by atoms with Gasteiger partial charge in [0.05, 0.1) is 11.1 Å². The van der Waals surface area contributed by atoms with E-state index in [9.17, 15) is 4.79 Å². The smallest absolute Gasteiger partial charge is 0.250 e. The van der Waals surface area contributed by atoms with E-state index in [0.717, 1.165) is 12.5 Å². The first-order chi connectivity index (χ1) is 12.6. The van der Waals surface area contributed by atoms with Crippen LogP contribution in [0.2, 0.25) is 0 Å². The summed E-state index contributed by atoms with van der Waals surface area (Å²) < 4.78 is 0. The molecule has 0 spiro atoms. The first-order valence-electron chi connectivity index (χ1n) is 8.64. The summed E-state index contributed by atoms with van der Waals surface area (Å²) in [6, 6.07) is 15.8. The fourth-order valence-electron chi connectivity index (χ4n) is 3.16. The molecule has 0 radical (unpaired) electrons. The molecule has 1 saturated heterocycles. The van der Waals surface area contributed by atoms with Gasteiger partial charge in [-0.05, 0) is 43.5 Å². The number of hydrogen-bond donors (Lipinski definition) is 3. The van der Waals surface area contributed by atoms with Crippen LogP contribution in [0.25, 0.3) is 10.9 Å². The van der Waals surface area contributed by atoms with E-state index < -0.39 is 5.91 Å². The number of amides is 1. The summed E-state index contributed by atoms with van der Waals surface area (Å²) in [6.45, 7) is 4.05. The summed E-state index contributed by atoms with van der Waals surface area (Å²) in [7, 11) is 0. The normalized spacial score (nSPS) is 16.1. The standard InChI is InChI=1S/C10H10N4O.C10H13N/c1-5-13-8-6(9(11)14-5)3-2-4-7(8)10(12)15;1-2-4-9(5-3-1)10-6-7-11-8-10/h2-4H,1H3,(H2,12,15)(H2,11,13,14);1-5,10-11H,6-8H2. The number of primary amides is 1. The highest BCUT2D eigenvalue weighted by atomic mass is 16.1. The molecule has 2 heterocycles. The molecule has 1 aliphatic rings. The van der Waals surface area contributed by atoms with E-state index in [1.807, 2.05) is 0 Å². The minimum absolute atomic E-state index is 0.362. The molecule has 1 amide bonds. The van der Waals surface area contributed by atoms with Crippen molar-refractivity contribution < 1.29 is 4.79 Å². The summed E-state index contributed by atoms with van der Waals surface area (Å²) in [5.74, 6) is 1.13. The Bertz CT molecular complexity index is 905. The van der Waals surface area contributed by atoms with Gasteiger partial charge in [0.1, 0.15) is 11.6 Å². The molecule has 1 aromatic heterocycles. The molecular weight excluding hydrogens is 326 g/mol. The Balaban J connectivity index is 0.000000158. The molecule has 6 heteroatoms. The number of aromatic nitrogens is 2. The lowest BCUT2D eigenvalue weighted by Crippen LogP contribution is -2.12. The molecule has 134 valence electrons. The summed E-state index contributed by atoms with van der Waals surface area (Å²) in [5.41, 5.74) is 13.3. The molecule has 6 nitrogen and oxygen atoms in total. The first kappa shape index (κ1) is 17.8. The zero-order valence-electron chi connectivity index (χ0n) is 14.8. The minimum Gasteiger partial charge on any atom is -0.383 e. The van der Waals surface area contributed by atoms with Crippen LogP contribution >= 0.6 is 0 Å². The van der Waals surface area contributed by atoms with Crippen LogP contribution in [0.15, 0.2) is 48.5 Å². The van der Waals surface area contributed by atoms with Gasteiger partial charge in [-0.1, -0.05) is 36.4 Å². The van der Waals surface area contributed by atoms with Crippen LogP contribution in [0.5, 0.6) is 0 Å². The molecule has 0 saturated carbocycles. The molecule has 1 aliphatic heterocycles. The lowest BCUT2D eigenvalue weighted by Gasteiger charge is -2.06. The van der Waals surface area contributed by atoms with Gasteiger partial charge in [0.15, 0.2) is 0 Å². The zero-order valence-corrected chi connectivity index (χ0v) is 14.8. The van der Waals surface area contributed by atoms with Crippen LogP contribution in [0.3, 0.4) is 0 Å². The SMILES string of the molecule is Cc1nc(N)c2cccc(C(N)=O)c2n1.c1ccc(C2CCNC2)cc1. The van der Waals surface area contributed by atoms with Crippen molar-refractivity contribution in [3.05, 3.63) is 65.5 Å². The van der Waals surface area contributed by atoms with Crippen molar-refractivity contribution in [3.8, 4) is 0 Å². The molecule has 4 rings (SSSR count). The average molecular weight is 349 g/mol. The number of nitrogens with one attached hydrogen (secondary N) is 1. The largest absolute Gasteiger partial charge is 0.383 e. The van der Waals surface area contributed by atoms with Gasteiger partial charge in [-0.3, -0.25) is 4.79 Å². The molecule has 3 aromatic rings. The molecule has 5 N–H and O–H groups in total. The van der Waals surface area contributed by atoms with Crippen LogP contribution in [0.1, 0.15) is 34.1 Å². The number of anilines is 1. The third-order valence-electron chi connectivity index (χ3n) is 4.46. The van der Waals surface area contributed by atoms with Crippen molar-refractivity contribution >= 4 is 22.6 Å². The average Bonchev–Trinajstić information content (AvgIpc) is 3.17. The van der Waals surface area contributed by atoms with Gasteiger partial charge in [-0.25, -0.2) is 9.97 Å². The lowest BCUT2D eigenvalue weighted by molar-refractivity contribution is 0.100. The van der Waals surface area contributed by atoms with Crippen molar-refractivity contribution in [2.45, 2.75) is 19.3 Å². The Morgan fingerprint density at radius 2 is 1.88 bits per heavy atom. The number of fused-ring (bicyclic) bond motifs is 1. The molecule has 1 fully saturated rings.